The lowest BCUT2D eigenvalue weighted by atomic mass is 9.71. The average molecular weight is 658 g/mol. The first-order chi connectivity index (χ1) is 23.9. The maximum absolute atomic E-state index is 11.0. The molecule has 1 fully saturated rings. The molecule has 4 aromatic rings. The number of fused-ring (bicyclic) bond motifs is 9. The Bertz CT molecular complexity index is 1920. The van der Waals surface area contributed by atoms with Crippen molar-refractivity contribution in [3.63, 3.8) is 0 Å². The third-order valence-electron chi connectivity index (χ3n) is 11.2. The van der Waals surface area contributed by atoms with Gasteiger partial charge in [-0.15, -0.1) is 0 Å². The Kier molecular flexibility index (Phi) is 8.23. The van der Waals surface area contributed by atoms with Crippen LogP contribution in [0.25, 0.3) is 0 Å². The van der Waals surface area contributed by atoms with Gasteiger partial charge in [0, 0.05) is 28.8 Å². The molecular formula is C41H43N3O5. The molecule has 4 aliphatic heterocycles. The summed E-state index contributed by atoms with van der Waals surface area (Å²) in [7, 11) is 3.95. The van der Waals surface area contributed by atoms with Crippen molar-refractivity contribution in [3.8, 4) is 29.1 Å². The lowest BCUT2D eigenvalue weighted by Crippen LogP contribution is -2.68. The number of likely N-dealkylation sites (N-methyl/N-ethyl adjacent to an activating group) is 1. The molecule has 2 bridgehead atoms. The average Bonchev–Trinajstić information content (AvgIpc) is 3.60. The van der Waals surface area contributed by atoms with E-state index >= 15 is 0 Å². The molecule has 4 heterocycles. The Hall–Kier alpha value is -4.55. The first kappa shape index (κ1) is 31.7. The number of piperazine rings is 1. The third kappa shape index (κ3) is 5.15. The normalized spacial score (nSPS) is 23.6. The van der Waals surface area contributed by atoms with Gasteiger partial charge in [0.25, 0.3) is 0 Å². The van der Waals surface area contributed by atoms with Crippen molar-refractivity contribution in [2.75, 3.05) is 27.6 Å². The summed E-state index contributed by atoms with van der Waals surface area (Å²) in [5, 5.41) is 11.0. The van der Waals surface area contributed by atoms with Gasteiger partial charge in [-0.25, -0.2) is 0 Å². The molecule has 8 heteroatoms. The molecular weight excluding hydrogens is 614 g/mol. The minimum atomic E-state index is -0.367. The summed E-state index contributed by atoms with van der Waals surface area (Å²) in [6.45, 7) is 7.81. The van der Waals surface area contributed by atoms with Gasteiger partial charge in [-0.3, -0.25) is 9.80 Å². The minimum Gasteiger partial charge on any atom is -0.496 e. The van der Waals surface area contributed by atoms with Gasteiger partial charge in [0.15, 0.2) is 11.5 Å². The van der Waals surface area contributed by atoms with Crippen LogP contribution in [0.4, 0.5) is 0 Å². The van der Waals surface area contributed by atoms with E-state index in [2.05, 4.69) is 74.0 Å². The monoisotopic (exact) mass is 657 g/mol. The van der Waals surface area contributed by atoms with Crippen LogP contribution in [0.2, 0.25) is 0 Å². The number of nitriles is 1. The summed E-state index contributed by atoms with van der Waals surface area (Å²) in [6, 6.07) is 25.0. The van der Waals surface area contributed by atoms with E-state index in [4.69, 9.17) is 23.7 Å². The SMILES string of the molecule is COc1c(C)cc2c(c1C)[C@@H]1[C@@H]3Cc4c(OCc5ccccc5)c(C)c5c(c4[C@H](COCc4ccccc4)N3[C@@H](C#N)C(C2)N1C)OCO5. The first-order valence-electron chi connectivity index (χ1n) is 17.2. The number of methoxy groups -OCH3 is 1. The van der Waals surface area contributed by atoms with E-state index < -0.39 is 0 Å². The maximum atomic E-state index is 11.0. The van der Waals surface area contributed by atoms with Crippen LogP contribution in [0, 0.1) is 32.1 Å². The zero-order chi connectivity index (χ0) is 33.8. The van der Waals surface area contributed by atoms with E-state index in [1.165, 1.54) is 16.7 Å². The molecule has 1 unspecified atom stereocenters. The van der Waals surface area contributed by atoms with Gasteiger partial charge in [-0.05, 0) is 74.0 Å². The smallest absolute Gasteiger partial charge is 0.231 e. The van der Waals surface area contributed by atoms with Crippen molar-refractivity contribution in [1.82, 2.24) is 9.80 Å². The van der Waals surface area contributed by atoms with Crippen LogP contribution in [0.15, 0.2) is 66.7 Å². The van der Waals surface area contributed by atoms with E-state index in [9.17, 15) is 5.26 Å². The van der Waals surface area contributed by atoms with Gasteiger partial charge in [-0.1, -0.05) is 66.7 Å². The van der Waals surface area contributed by atoms with Gasteiger partial charge in [0.2, 0.25) is 6.79 Å². The number of aryl methyl sites for hydroxylation is 1. The molecule has 0 saturated carbocycles. The van der Waals surface area contributed by atoms with Gasteiger partial charge in [0.1, 0.15) is 24.1 Å². The van der Waals surface area contributed by atoms with Crippen molar-refractivity contribution in [3.05, 3.63) is 117 Å². The fraction of sp³-hybridized carbons (Fsp3) is 0.390. The zero-order valence-corrected chi connectivity index (χ0v) is 28.9. The highest BCUT2D eigenvalue weighted by Crippen LogP contribution is 2.57. The molecule has 49 heavy (non-hydrogen) atoms. The lowest BCUT2D eigenvalue weighted by Gasteiger charge is -2.60. The summed E-state index contributed by atoms with van der Waals surface area (Å²) in [5.41, 5.74) is 10.2. The predicted octanol–water partition coefficient (Wildman–Crippen LogP) is 6.92. The van der Waals surface area contributed by atoms with Gasteiger partial charge in [0.05, 0.1) is 38.5 Å². The highest BCUT2D eigenvalue weighted by atomic mass is 16.7. The molecule has 4 aromatic carbocycles. The topological polar surface area (TPSA) is 76.4 Å². The summed E-state index contributed by atoms with van der Waals surface area (Å²) < 4.78 is 31.8. The molecule has 0 aliphatic carbocycles. The Labute approximate surface area is 288 Å². The summed E-state index contributed by atoms with van der Waals surface area (Å²) >= 11 is 0. The van der Waals surface area contributed by atoms with Crippen molar-refractivity contribution in [2.24, 2.45) is 0 Å². The Morgan fingerprint density at radius 2 is 1.53 bits per heavy atom. The third-order valence-corrected chi connectivity index (χ3v) is 11.2. The van der Waals surface area contributed by atoms with Gasteiger partial charge >= 0.3 is 0 Å². The molecule has 0 aromatic heterocycles. The Morgan fingerprint density at radius 3 is 2.22 bits per heavy atom. The highest BCUT2D eigenvalue weighted by Gasteiger charge is 2.56. The molecule has 0 spiro atoms. The lowest BCUT2D eigenvalue weighted by molar-refractivity contribution is -0.0904. The molecule has 1 saturated heterocycles. The quantitative estimate of drug-likeness (QED) is 0.202. The van der Waals surface area contributed by atoms with Crippen LogP contribution < -0.4 is 18.9 Å². The second-order valence-corrected chi connectivity index (χ2v) is 13.8. The summed E-state index contributed by atoms with van der Waals surface area (Å²) in [4.78, 5) is 4.91. The second kappa shape index (κ2) is 12.7. The fourth-order valence-corrected chi connectivity index (χ4v) is 9.11. The number of nitrogens with zero attached hydrogens (tertiary/aromatic N) is 3. The molecule has 252 valence electrons. The Balaban J connectivity index is 1.30. The predicted molar refractivity (Wildman–Crippen MR) is 186 cm³/mol. The summed E-state index contributed by atoms with van der Waals surface area (Å²) in [5.74, 6) is 3.24. The van der Waals surface area contributed by atoms with Crippen LogP contribution >= 0.6 is 0 Å². The van der Waals surface area contributed by atoms with Gasteiger partial charge in [-0.2, -0.15) is 5.26 Å². The van der Waals surface area contributed by atoms with E-state index in [0.29, 0.717) is 26.2 Å². The van der Waals surface area contributed by atoms with Crippen molar-refractivity contribution in [2.45, 2.75) is 77.0 Å². The van der Waals surface area contributed by atoms with E-state index in [1.54, 1.807) is 7.11 Å². The highest BCUT2D eigenvalue weighted by molar-refractivity contribution is 5.66. The molecule has 0 amide bonds. The molecule has 5 atom stereocenters. The minimum absolute atomic E-state index is 0.00795. The van der Waals surface area contributed by atoms with Crippen molar-refractivity contribution in [1.29, 1.82) is 5.26 Å². The van der Waals surface area contributed by atoms with Crippen molar-refractivity contribution >= 4 is 0 Å². The van der Waals surface area contributed by atoms with Crippen LogP contribution in [-0.2, 0) is 30.8 Å². The van der Waals surface area contributed by atoms with Crippen LogP contribution in [0.3, 0.4) is 0 Å². The van der Waals surface area contributed by atoms with E-state index in [0.717, 1.165) is 62.8 Å². The summed E-state index contributed by atoms with van der Waals surface area (Å²) in [6.07, 6.45) is 1.47. The van der Waals surface area contributed by atoms with E-state index in [-0.39, 0.29) is 37.0 Å². The second-order valence-electron chi connectivity index (χ2n) is 13.8. The van der Waals surface area contributed by atoms with Crippen LogP contribution in [-0.4, -0.2) is 55.5 Å². The molecule has 8 rings (SSSR count). The zero-order valence-electron chi connectivity index (χ0n) is 28.9. The van der Waals surface area contributed by atoms with Crippen molar-refractivity contribution < 1.29 is 23.7 Å². The Morgan fingerprint density at radius 1 is 0.837 bits per heavy atom. The number of hydrogen-bond acceptors (Lipinski definition) is 8. The number of ether oxygens (including phenoxy) is 5. The number of benzene rings is 4. The molecule has 4 aliphatic rings. The molecule has 0 N–H and O–H groups in total. The number of hydrogen-bond donors (Lipinski definition) is 0. The van der Waals surface area contributed by atoms with E-state index in [1.807, 2.05) is 36.4 Å². The fourth-order valence-electron chi connectivity index (χ4n) is 9.11. The number of rotatable bonds is 8. The first-order valence-corrected chi connectivity index (χ1v) is 17.2. The van der Waals surface area contributed by atoms with Gasteiger partial charge < -0.3 is 23.7 Å². The molecule has 8 nitrogen and oxygen atoms in total. The standard InChI is InChI=1S/C41H43N3O5/c1-24-16-29-17-31-33(19-42)44-32(37(43(31)4)35(29)25(2)38(24)45-5)18-30-36(34(44)22-46-20-27-12-8-6-9-13-27)41-40(48-23-49-41)26(3)39(30)47-21-28-14-10-7-11-15-28/h6-16,31-34,37H,17-18,20-23H2,1-5H3/t31?,32-,33-,34-,37-/m0/s1. The maximum Gasteiger partial charge on any atom is 0.231 e. The van der Waals surface area contributed by atoms with Crippen LogP contribution in [0.5, 0.6) is 23.0 Å². The van der Waals surface area contributed by atoms with Crippen LogP contribution in [0.1, 0.15) is 62.2 Å². The molecule has 0 radical (unpaired) electrons. The largest absolute Gasteiger partial charge is 0.496 e.